The van der Waals surface area contributed by atoms with Crippen LogP contribution < -0.4 is 11.1 Å². The first kappa shape index (κ1) is 18.1. The Kier molecular flexibility index (Phi) is 6.52. The van der Waals surface area contributed by atoms with Gasteiger partial charge in [-0.2, -0.15) is 0 Å². The summed E-state index contributed by atoms with van der Waals surface area (Å²) in [6.45, 7) is 3.99. The number of nitrogens with two attached hydrogens (primary N) is 1. The van der Waals surface area contributed by atoms with Crippen molar-refractivity contribution in [3.05, 3.63) is 30.6 Å². The summed E-state index contributed by atoms with van der Waals surface area (Å²) in [7, 11) is 1.87. The van der Waals surface area contributed by atoms with E-state index in [0.29, 0.717) is 5.69 Å². The largest absolute Gasteiger partial charge is 0.325 e. The highest BCUT2D eigenvalue weighted by atomic mass is 35.5. The Labute approximate surface area is 136 Å². The Bertz CT molecular complexity index is 628. The smallest absolute Gasteiger partial charge is 0.241 e. The first-order valence-electron chi connectivity index (χ1n) is 7.03. The summed E-state index contributed by atoms with van der Waals surface area (Å²) in [6, 6.07) is 6.99. The van der Waals surface area contributed by atoms with Gasteiger partial charge in [-0.25, -0.2) is 0 Å². The van der Waals surface area contributed by atoms with Gasteiger partial charge in [0.25, 0.3) is 0 Å². The molecule has 120 valence electrons. The fourth-order valence-electron chi connectivity index (χ4n) is 2.02. The van der Waals surface area contributed by atoms with E-state index in [1.165, 1.54) is 0 Å². The number of aromatic nitrogens is 3. The van der Waals surface area contributed by atoms with Crippen LogP contribution in [0.3, 0.4) is 0 Å². The number of carbonyl (C=O) groups excluding carboxylic acids is 1. The topological polar surface area (TPSA) is 85.8 Å². The zero-order valence-corrected chi connectivity index (χ0v) is 13.8. The molecular weight excluding hydrogens is 302 g/mol. The second-order valence-corrected chi connectivity index (χ2v) is 5.25. The molecule has 0 aliphatic rings. The molecule has 3 N–H and O–H groups in total. The van der Waals surface area contributed by atoms with Crippen LogP contribution in [0.4, 0.5) is 5.69 Å². The first-order valence-corrected chi connectivity index (χ1v) is 7.03. The summed E-state index contributed by atoms with van der Waals surface area (Å²) in [5, 5.41) is 10.8. The molecule has 0 spiro atoms. The maximum atomic E-state index is 12.1. The van der Waals surface area contributed by atoms with Gasteiger partial charge >= 0.3 is 0 Å². The van der Waals surface area contributed by atoms with E-state index >= 15 is 0 Å². The molecule has 0 saturated carbocycles. The van der Waals surface area contributed by atoms with Crippen LogP contribution >= 0.6 is 12.4 Å². The summed E-state index contributed by atoms with van der Waals surface area (Å²) in [5.41, 5.74) is 7.54. The molecule has 6 nitrogen and oxygen atoms in total. The minimum atomic E-state index is -0.506. The van der Waals surface area contributed by atoms with E-state index in [9.17, 15) is 4.79 Å². The summed E-state index contributed by atoms with van der Waals surface area (Å²) < 4.78 is 1.83. The number of amides is 1. The number of halogens is 1. The van der Waals surface area contributed by atoms with Crippen molar-refractivity contribution >= 4 is 24.0 Å². The van der Waals surface area contributed by atoms with E-state index in [-0.39, 0.29) is 24.2 Å². The first-order chi connectivity index (χ1) is 10.0. The fraction of sp³-hybridized carbons (Fsp3) is 0.400. The lowest BCUT2D eigenvalue weighted by atomic mass is 9.99. The standard InChI is InChI=1S/C15H21N5O.ClH/c1-4-10(2)13(16)15(21)18-12-7-5-6-11(8-12)14-19-17-9-20(14)3;/h5-10,13H,4,16H2,1-3H3,(H,18,21);1H. The van der Waals surface area contributed by atoms with Gasteiger partial charge in [-0.15, -0.1) is 22.6 Å². The average Bonchev–Trinajstić information content (AvgIpc) is 2.92. The number of nitrogens with zero attached hydrogens (tertiary/aromatic N) is 3. The highest BCUT2D eigenvalue weighted by Gasteiger charge is 2.19. The third kappa shape index (κ3) is 4.05. The number of benzene rings is 1. The number of anilines is 1. The van der Waals surface area contributed by atoms with E-state index in [4.69, 9.17) is 5.73 Å². The van der Waals surface area contributed by atoms with Gasteiger partial charge < -0.3 is 15.6 Å². The van der Waals surface area contributed by atoms with Crippen molar-refractivity contribution in [2.75, 3.05) is 5.32 Å². The fourth-order valence-corrected chi connectivity index (χ4v) is 2.02. The Morgan fingerprint density at radius 1 is 1.45 bits per heavy atom. The maximum Gasteiger partial charge on any atom is 0.241 e. The molecule has 2 rings (SSSR count). The van der Waals surface area contributed by atoms with Crippen molar-refractivity contribution in [3.63, 3.8) is 0 Å². The molecule has 1 amide bonds. The van der Waals surface area contributed by atoms with Crippen molar-refractivity contribution in [3.8, 4) is 11.4 Å². The Morgan fingerprint density at radius 3 is 2.77 bits per heavy atom. The van der Waals surface area contributed by atoms with Crippen molar-refractivity contribution in [1.29, 1.82) is 0 Å². The monoisotopic (exact) mass is 323 g/mol. The molecule has 0 bridgehead atoms. The van der Waals surface area contributed by atoms with E-state index in [1.807, 2.05) is 49.7 Å². The number of hydrogen-bond acceptors (Lipinski definition) is 4. The predicted octanol–water partition coefficient (Wildman–Crippen LogP) is 2.22. The van der Waals surface area contributed by atoms with Crippen molar-refractivity contribution in [2.45, 2.75) is 26.3 Å². The lowest BCUT2D eigenvalue weighted by molar-refractivity contribution is -0.118. The number of rotatable bonds is 5. The second kappa shape index (κ2) is 7.91. The molecule has 2 unspecified atom stereocenters. The van der Waals surface area contributed by atoms with Crippen molar-refractivity contribution in [2.24, 2.45) is 18.7 Å². The molecule has 2 aromatic rings. The highest BCUT2D eigenvalue weighted by molar-refractivity contribution is 5.95. The second-order valence-electron chi connectivity index (χ2n) is 5.25. The maximum absolute atomic E-state index is 12.1. The quantitative estimate of drug-likeness (QED) is 0.883. The van der Waals surface area contributed by atoms with Crippen LogP contribution in [0.1, 0.15) is 20.3 Å². The molecule has 22 heavy (non-hydrogen) atoms. The van der Waals surface area contributed by atoms with E-state index in [1.54, 1.807) is 6.33 Å². The lowest BCUT2D eigenvalue weighted by Crippen LogP contribution is -2.40. The zero-order chi connectivity index (χ0) is 15.4. The molecule has 1 heterocycles. The molecule has 0 aliphatic heterocycles. The van der Waals surface area contributed by atoms with Gasteiger partial charge in [-0.1, -0.05) is 32.4 Å². The van der Waals surface area contributed by atoms with Crippen LogP contribution in [0.15, 0.2) is 30.6 Å². The van der Waals surface area contributed by atoms with Gasteiger partial charge in [0.2, 0.25) is 5.91 Å². The molecule has 7 heteroatoms. The van der Waals surface area contributed by atoms with E-state index < -0.39 is 6.04 Å². The molecule has 0 saturated heterocycles. The van der Waals surface area contributed by atoms with Gasteiger partial charge in [0.15, 0.2) is 5.82 Å². The summed E-state index contributed by atoms with van der Waals surface area (Å²) in [6.07, 6.45) is 2.51. The van der Waals surface area contributed by atoms with Gasteiger partial charge in [0.05, 0.1) is 6.04 Å². The Balaban J connectivity index is 0.00000242. The number of nitrogens with one attached hydrogen (secondary N) is 1. The van der Waals surface area contributed by atoms with Gasteiger partial charge in [0, 0.05) is 18.3 Å². The summed E-state index contributed by atoms with van der Waals surface area (Å²) >= 11 is 0. The van der Waals surface area contributed by atoms with Gasteiger partial charge in [0.1, 0.15) is 6.33 Å². The normalized spacial score (nSPS) is 13.1. The number of carbonyl (C=O) groups is 1. The highest BCUT2D eigenvalue weighted by Crippen LogP contribution is 2.20. The van der Waals surface area contributed by atoms with Crippen molar-refractivity contribution < 1.29 is 4.79 Å². The van der Waals surface area contributed by atoms with E-state index in [2.05, 4.69) is 15.5 Å². The van der Waals surface area contributed by atoms with Crippen LogP contribution in [0.2, 0.25) is 0 Å². The predicted molar refractivity (Wildman–Crippen MR) is 89.7 cm³/mol. The lowest BCUT2D eigenvalue weighted by Gasteiger charge is -2.17. The average molecular weight is 324 g/mol. The minimum absolute atomic E-state index is 0. The van der Waals surface area contributed by atoms with Crippen molar-refractivity contribution in [1.82, 2.24) is 14.8 Å². The van der Waals surface area contributed by atoms with Crippen LogP contribution in [-0.2, 0) is 11.8 Å². The molecular formula is C15H22ClN5O. The molecule has 1 aromatic heterocycles. The third-order valence-corrected chi connectivity index (χ3v) is 3.66. The summed E-state index contributed by atoms with van der Waals surface area (Å²) in [5.74, 6) is 0.726. The van der Waals surface area contributed by atoms with Gasteiger partial charge in [-0.3, -0.25) is 4.79 Å². The SMILES string of the molecule is CCC(C)C(N)C(=O)Nc1cccc(-c2nncn2C)c1.Cl. The van der Waals surface area contributed by atoms with Crippen LogP contribution in [-0.4, -0.2) is 26.7 Å². The molecule has 2 atom stereocenters. The third-order valence-electron chi connectivity index (χ3n) is 3.66. The van der Waals surface area contributed by atoms with Gasteiger partial charge in [-0.05, 0) is 18.1 Å². The molecule has 1 aromatic carbocycles. The minimum Gasteiger partial charge on any atom is -0.325 e. The van der Waals surface area contributed by atoms with Crippen LogP contribution in [0.25, 0.3) is 11.4 Å². The molecule has 0 radical (unpaired) electrons. The molecule has 0 aliphatic carbocycles. The van der Waals surface area contributed by atoms with E-state index in [0.717, 1.165) is 17.8 Å². The molecule has 0 fully saturated rings. The zero-order valence-electron chi connectivity index (χ0n) is 13.0. The Morgan fingerprint density at radius 2 is 2.18 bits per heavy atom. The van der Waals surface area contributed by atoms with Crippen LogP contribution in [0.5, 0.6) is 0 Å². The number of hydrogen-bond donors (Lipinski definition) is 2. The Hall–Kier alpha value is -1.92. The summed E-state index contributed by atoms with van der Waals surface area (Å²) in [4.78, 5) is 12.1. The number of aryl methyl sites for hydroxylation is 1. The van der Waals surface area contributed by atoms with Crippen LogP contribution in [0, 0.1) is 5.92 Å².